The Hall–Kier alpha value is -3.02. The van der Waals surface area contributed by atoms with Gasteiger partial charge in [0.05, 0.1) is 14.2 Å². The van der Waals surface area contributed by atoms with Crippen molar-refractivity contribution in [3.8, 4) is 11.5 Å². The van der Waals surface area contributed by atoms with Crippen LogP contribution in [0.1, 0.15) is 49.2 Å². The van der Waals surface area contributed by atoms with Crippen LogP contribution in [0.5, 0.6) is 11.5 Å². The zero-order valence-electron chi connectivity index (χ0n) is 18.0. The van der Waals surface area contributed by atoms with E-state index in [1.165, 1.54) is 0 Å². The van der Waals surface area contributed by atoms with Gasteiger partial charge in [0.1, 0.15) is 6.04 Å². The summed E-state index contributed by atoms with van der Waals surface area (Å²) in [6, 6.07) is 12.2. The minimum absolute atomic E-state index is 0.0202. The van der Waals surface area contributed by atoms with Crippen molar-refractivity contribution in [2.45, 2.75) is 45.7 Å². The van der Waals surface area contributed by atoms with Crippen LogP contribution >= 0.6 is 0 Å². The van der Waals surface area contributed by atoms with E-state index >= 15 is 0 Å². The Kier molecular flexibility index (Phi) is 7.26. The van der Waals surface area contributed by atoms with Crippen LogP contribution < -0.4 is 20.1 Å². The quantitative estimate of drug-likeness (QED) is 0.749. The number of ether oxygens (including phenoxy) is 2. The second kappa shape index (κ2) is 9.45. The van der Waals surface area contributed by atoms with E-state index in [0.29, 0.717) is 23.6 Å². The number of carbonyl (C=O) groups excluding carboxylic acids is 2. The van der Waals surface area contributed by atoms with Crippen molar-refractivity contribution in [2.24, 2.45) is 0 Å². The van der Waals surface area contributed by atoms with E-state index in [4.69, 9.17) is 9.47 Å². The van der Waals surface area contributed by atoms with E-state index in [-0.39, 0.29) is 17.2 Å². The third-order valence-electron chi connectivity index (χ3n) is 4.67. The lowest BCUT2D eigenvalue weighted by atomic mass is 9.86. The van der Waals surface area contributed by atoms with Gasteiger partial charge in [0.15, 0.2) is 11.5 Å². The summed E-state index contributed by atoms with van der Waals surface area (Å²) < 4.78 is 10.5. The predicted octanol–water partition coefficient (Wildman–Crippen LogP) is 3.44. The molecule has 0 saturated heterocycles. The molecule has 0 radical (unpaired) electrons. The van der Waals surface area contributed by atoms with Gasteiger partial charge in [0.2, 0.25) is 5.91 Å². The highest BCUT2D eigenvalue weighted by molar-refractivity contribution is 5.97. The summed E-state index contributed by atoms with van der Waals surface area (Å²) in [6.07, 6.45) is 0. The Morgan fingerprint density at radius 3 is 2.14 bits per heavy atom. The minimum atomic E-state index is -0.662. The van der Waals surface area contributed by atoms with Crippen molar-refractivity contribution in [2.75, 3.05) is 14.2 Å². The van der Waals surface area contributed by atoms with Crippen LogP contribution in [0.3, 0.4) is 0 Å². The summed E-state index contributed by atoms with van der Waals surface area (Å²) in [6.45, 7) is 8.33. The molecule has 2 aromatic carbocycles. The van der Waals surface area contributed by atoms with Crippen LogP contribution in [-0.2, 0) is 16.8 Å². The molecule has 0 saturated carbocycles. The first-order chi connectivity index (χ1) is 13.7. The number of carbonyl (C=O) groups is 2. The fourth-order valence-corrected chi connectivity index (χ4v) is 2.80. The number of methoxy groups -OCH3 is 2. The smallest absolute Gasteiger partial charge is 0.251 e. The molecule has 6 heteroatoms. The van der Waals surface area contributed by atoms with Crippen molar-refractivity contribution < 1.29 is 19.1 Å². The Bertz CT molecular complexity index is 854. The summed E-state index contributed by atoms with van der Waals surface area (Å²) >= 11 is 0. The van der Waals surface area contributed by atoms with Crippen molar-refractivity contribution in [3.05, 3.63) is 59.2 Å². The highest BCUT2D eigenvalue weighted by Gasteiger charge is 2.18. The van der Waals surface area contributed by atoms with Gasteiger partial charge in [-0.15, -0.1) is 0 Å². The highest BCUT2D eigenvalue weighted by Crippen LogP contribution is 2.27. The van der Waals surface area contributed by atoms with Crippen LogP contribution in [0.4, 0.5) is 0 Å². The SMILES string of the molecule is COc1ccc(CNC(=O)C(C)NC(=O)c2ccc(C(C)(C)C)cc2)cc1OC. The van der Waals surface area contributed by atoms with Crippen LogP contribution in [-0.4, -0.2) is 32.1 Å². The zero-order chi connectivity index (χ0) is 21.6. The molecule has 2 N–H and O–H groups in total. The van der Waals surface area contributed by atoms with Gasteiger partial charge in [-0.05, 0) is 47.7 Å². The Morgan fingerprint density at radius 1 is 0.966 bits per heavy atom. The Labute approximate surface area is 172 Å². The van der Waals surface area contributed by atoms with Gasteiger partial charge < -0.3 is 20.1 Å². The molecule has 1 unspecified atom stereocenters. The first-order valence-corrected chi connectivity index (χ1v) is 9.55. The molecule has 2 amide bonds. The van der Waals surface area contributed by atoms with Crippen LogP contribution in [0.15, 0.2) is 42.5 Å². The molecule has 0 spiro atoms. The summed E-state index contributed by atoms with van der Waals surface area (Å²) in [5, 5.41) is 5.56. The standard InChI is InChI=1S/C23H30N2O4/c1-15(25-22(27)17-8-10-18(11-9-17)23(2,3)4)21(26)24-14-16-7-12-19(28-5)20(13-16)29-6/h7-13,15H,14H2,1-6H3,(H,24,26)(H,25,27). The molecule has 0 aliphatic carbocycles. The second-order valence-corrected chi connectivity index (χ2v) is 7.93. The van der Waals surface area contributed by atoms with Gasteiger partial charge in [-0.25, -0.2) is 0 Å². The molecule has 2 aromatic rings. The molecule has 29 heavy (non-hydrogen) atoms. The van der Waals surface area contributed by atoms with Gasteiger partial charge in [0.25, 0.3) is 5.91 Å². The fourth-order valence-electron chi connectivity index (χ4n) is 2.80. The molecule has 0 fully saturated rings. The molecular weight excluding hydrogens is 368 g/mol. The first kappa shape index (κ1) is 22.3. The van der Waals surface area contributed by atoms with E-state index < -0.39 is 6.04 Å². The summed E-state index contributed by atoms with van der Waals surface area (Å²) in [7, 11) is 3.13. The maximum Gasteiger partial charge on any atom is 0.251 e. The predicted molar refractivity (Wildman–Crippen MR) is 113 cm³/mol. The van der Waals surface area contributed by atoms with Gasteiger partial charge in [-0.3, -0.25) is 9.59 Å². The molecule has 1 atom stereocenters. The fraction of sp³-hybridized carbons (Fsp3) is 0.391. The molecule has 0 aliphatic rings. The number of hydrogen-bond donors (Lipinski definition) is 2. The number of hydrogen-bond acceptors (Lipinski definition) is 4. The molecule has 0 aliphatic heterocycles. The summed E-state index contributed by atoms with van der Waals surface area (Å²) in [4.78, 5) is 24.8. The van der Waals surface area contributed by atoms with Gasteiger partial charge in [0, 0.05) is 12.1 Å². The van der Waals surface area contributed by atoms with Crippen molar-refractivity contribution in [1.29, 1.82) is 0 Å². The van der Waals surface area contributed by atoms with Crippen molar-refractivity contribution in [3.63, 3.8) is 0 Å². The third kappa shape index (κ3) is 5.98. The summed E-state index contributed by atoms with van der Waals surface area (Å²) in [5.41, 5.74) is 2.56. The van der Waals surface area contributed by atoms with Gasteiger partial charge in [-0.2, -0.15) is 0 Å². The Morgan fingerprint density at radius 2 is 1.59 bits per heavy atom. The largest absolute Gasteiger partial charge is 0.493 e. The summed E-state index contributed by atoms with van der Waals surface area (Å²) in [5.74, 6) is 0.679. The van der Waals surface area contributed by atoms with E-state index in [1.807, 2.05) is 18.2 Å². The van der Waals surface area contributed by atoms with Crippen LogP contribution in [0.25, 0.3) is 0 Å². The number of rotatable bonds is 7. The molecular formula is C23H30N2O4. The Balaban J connectivity index is 1.92. The number of benzene rings is 2. The lowest BCUT2D eigenvalue weighted by Gasteiger charge is -2.19. The van der Waals surface area contributed by atoms with E-state index in [0.717, 1.165) is 11.1 Å². The van der Waals surface area contributed by atoms with E-state index in [2.05, 4.69) is 31.4 Å². The second-order valence-electron chi connectivity index (χ2n) is 7.93. The zero-order valence-corrected chi connectivity index (χ0v) is 18.0. The monoisotopic (exact) mass is 398 g/mol. The van der Waals surface area contributed by atoms with Crippen LogP contribution in [0, 0.1) is 0 Å². The average Bonchev–Trinajstić information content (AvgIpc) is 2.70. The topological polar surface area (TPSA) is 76.7 Å². The van der Waals surface area contributed by atoms with Gasteiger partial charge >= 0.3 is 0 Å². The number of nitrogens with one attached hydrogen (secondary N) is 2. The first-order valence-electron chi connectivity index (χ1n) is 9.55. The lowest BCUT2D eigenvalue weighted by molar-refractivity contribution is -0.122. The van der Waals surface area contributed by atoms with E-state index in [1.54, 1.807) is 45.4 Å². The molecule has 0 heterocycles. The minimum Gasteiger partial charge on any atom is -0.493 e. The van der Waals surface area contributed by atoms with Crippen molar-refractivity contribution in [1.82, 2.24) is 10.6 Å². The van der Waals surface area contributed by atoms with Crippen molar-refractivity contribution >= 4 is 11.8 Å². The average molecular weight is 399 g/mol. The molecule has 156 valence electrons. The normalized spacial score (nSPS) is 12.1. The van der Waals surface area contributed by atoms with E-state index in [9.17, 15) is 9.59 Å². The highest BCUT2D eigenvalue weighted by atomic mass is 16.5. The van der Waals surface area contributed by atoms with Gasteiger partial charge in [-0.1, -0.05) is 39.0 Å². The maximum atomic E-state index is 12.4. The molecule has 6 nitrogen and oxygen atoms in total. The van der Waals surface area contributed by atoms with Crippen LogP contribution in [0.2, 0.25) is 0 Å². The lowest BCUT2D eigenvalue weighted by Crippen LogP contribution is -2.44. The molecule has 0 bridgehead atoms. The molecule has 2 rings (SSSR count). The maximum absolute atomic E-state index is 12.4. The molecule has 0 aromatic heterocycles. The number of amides is 2. The third-order valence-corrected chi connectivity index (χ3v) is 4.67.